The molecule has 1 aromatic heterocycles. The SMILES string of the molecule is CCC(=O)Nc1nc2c(s1)C(=O)CC(C(=O)N1CCCC(C)C1)C2. The average Bonchev–Trinajstić information content (AvgIpc) is 2.97. The Labute approximate surface area is 145 Å². The number of likely N-dealkylation sites (tertiary alicyclic amines) is 1. The molecular weight excluding hydrogens is 326 g/mol. The third-order valence-electron chi connectivity index (χ3n) is 4.71. The molecule has 0 spiro atoms. The predicted octanol–water partition coefficient (Wildman–Crippen LogP) is 2.50. The molecule has 2 unspecified atom stereocenters. The number of aromatic nitrogens is 1. The molecule has 6 nitrogen and oxygen atoms in total. The molecule has 0 aromatic carbocycles. The number of fused-ring (bicyclic) bond motifs is 1. The third-order valence-corrected chi connectivity index (χ3v) is 5.76. The van der Waals surface area contributed by atoms with Crippen molar-refractivity contribution in [2.45, 2.75) is 46.0 Å². The molecule has 1 fully saturated rings. The number of hydrogen-bond donors (Lipinski definition) is 1. The van der Waals surface area contributed by atoms with E-state index < -0.39 is 0 Å². The van der Waals surface area contributed by atoms with Crippen LogP contribution in [0, 0.1) is 11.8 Å². The Hall–Kier alpha value is -1.76. The smallest absolute Gasteiger partial charge is 0.226 e. The fraction of sp³-hybridized carbons (Fsp3) is 0.647. The van der Waals surface area contributed by atoms with Crippen LogP contribution in [0.2, 0.25) is 0 Å². The summed E-state index contributed by atoms with van der Waals surface area (Å²) in [6.45, 7) is 5.50. The zero-order valence-electron chi connectivity index (χ0n) is 14.1. The van der Waals surface area contributed by atoms with Crippen LogP contribution in [0.1, 0.15) is 54.9 Å². The number of rotatable bonds is 3. The van der Waals surface area contributed by atoms with Gasteiger partial charge in [-0.3, -0.25) is 14.4 Å². The van der Waals surface area contributed by atoms with Crippen LogP contribution in [0.15, 0.2) is 0 Å². The molecule has 0 saturated carbocycles. The Morgan fingerprint density at radius 1 is 1.38 bits per heavy atom. The summed E-state index contributed by atoms with van der Waals surface area (Å²) in [7, 11) is 0. The summed E-state index contributed by atoms with van der Waals surface area (Å²) in [4.78, 5) is 43.5. The molecule has 1 aliphatic carbocycles. The highest BCUT2D eigenvalue weighted by molar-refractivity contribution is 7.17. The molecule has 2 heterocycles. The monoisotopic (exact) mass is 349 g/mol. The Balaban J connectivity index is 1.72. The van der Waals surface area contributed by atoms with E-state index in [0.29, 0.717) is 34.5 Å². The first-order valence-corrected chi connectivity index (χ1v) is 9.41. The van der Waals surface area contributed by atoms with Crippen LogP contribution >= 0.6 is 11.3 Å². The molecule has 2 aliphatic rings. The Morgan fingerprint density at radius 2 is 2.17 bits per heavy atom. The van der Waals surface area contributed by atoms with Gasteiger partial charge in [-0.1, -0.05) is 25.2 Å². The second-order valence-corrected chi connectivity index (χ2v) is 7.76. The van der Waals surface area contributed by atoms with Gasteiger partial charge in [0.1, 0.15) is 0 Å². The van der Waals surface area contributed by atoms with Crippen molar-refractivity contribution in [3.8, 4) is 0 Å². The van der Waals surface area contributed by atoms with E-state index in [4.69, 9.17) is 0 Å². The van der Waals surface area contributed by atoms with Crippen molar-refractivity contribution in [3.63, 3.8) is 0 Å². The molecule has 0 bridgehead atoms. The molecule has 7 heteroatoms. The number of ketones is 1. The molecule has 2 atom stereocenters. The van der Waals surface area contributed by atoms with Gasteiger partial charge >= 0.3 is 0 Å². The van der Waals surface area contributed by atoms with E-state index in [-0.39, 0.29) is 29.9 Å². The molecular formula is C17H23N3O3S. The van der Waals surface area contributed by atoms with Gasteiger partial charge in [-0.25, -0.2) is 4.98 Å². The number of anilines is 1. The van der Waals surface area contributed by atoms with Crippen molar-refractivity contribution in [3.05, 3.63) is 10.6 Å². The van der Waals surface area contributed by atoms with Gasteiger partial charge in [0, 0.05) is 32.4 Å². The lowest BCUT2D eigenvalue weighted by atomic mass is 9.88. The van der Waals surface area contributed by atoms with Crippen molar-refractivity contribution in [1.82, 2.24) is 9.88 Å². The molecule has 3 rings (SSSR count). The van der Waals surface area contributed by atoms with Crippen molar-refractivity contribution in [1.29, 1.82) is 0 Å². The van der Waals surface area contributed by atoms with Crippen molar-refractivity contribution >= 4 is 34.1 Å². The molecule has 1 saturated heterocycles. The van der Waals surface area contributed by atoms with Gasteiger partial charge in [0.2, 0.25) is 11.8 Å². The first-order valence-electron chi connectivity index (χ1n) is 8.59. The van der Waals surface area contributed by atoms with Gasteiger partial charge < -0.3 is 10.2 Å². The van der Waals surface area contributed by atoms with Crippen LogP contribution < -0.4 is 5.32 Å². The second kappa shape index (κ2) is 7.01. The Morgan fingerprint density at radius 3 is 2.88 bits per heavy atom. The number of carbonyl (C=O) groups is 3. The van der Waals surface area contributed by atoms with E-state index in [1.165, 1.54) is 11.3 Å². The minimum Gasteiger partial charge on any atom is -0.342 e. The number of carbonyl (C=O) groups excluding carboxylic acids is 3. The number of amides is 2. The highest BCUT2D eigenvalue weighted by Gasteiger charge is 2.36. The number of Topliss-reactive ketones (excluding diaryl/α,β-unsaturated/α-hetero) is 1. The number of nitrogens with one attached hydrogen (secondary N) is 1. The number of nitrogens with zero attached hydrogens (tertiary/aromatic N) is 2. The molecule has 130 valence electrons. The topological polar surface area (TPSA) is 79.4 Å². The first kappa shape index (κ1) is 17.1. The lowest BCUT2D eigenvalue weighted by Gasteiger charge is -2.34. The van der Waals surface area contributed by atoms with Crippen molar-refractivity contribution < 1.29 is 14.4 Å². The lowest BCUT2D eigenvalue weighted by Crippen LogP contribution is -2.44. The summed E-state index contributed by atoms with van der Waals surface area (Å²) in [6.07, 6.45) is 3.29. The molecule has 24 heavy (non-hydrogen) atoms. The maximum Gasteiger partial charge on any atom is 0.226 e. The molecule has 1 N–H and O–H groups in total. The van der Waals surface area contributed by atoms with Gasteiger partial charge in [0.25, 0.3) is 0 Å². The van der Waals surface area contributed by atoms with Gasteiger partial charge in [-0.2, -0.15) is 0 Å². The second-order valence-electron chi connectivity index (χ2n) is 6.76. The summed E-state index contributed by atoms with van der Waals surface area (Å²) < 4.78 is 0. The summed E-state index contributed by atoms with van der Waals surface area (Å²) in [5.74, 6) is 0.130. The van der Waals surface area contributed by atoms with Gasteiger partial charge in [0.15, 0.2) is 10.9 Å². The molecule has 1 aliphatic heterocycles. The van der Waals surface area contributed by atoms with Gasteiger partial charge in [-0.05, 0) is 18.8 Å². The number of hydrogen-bond acceptors (Lipinski definition) is 5. The standard InChI is InChI=1S/C17H23N3O3S/c1-3-14(22)19-17-18-12-7-11(8-13(21)15(12)24-17)16(23)20-6-4-5-10(2)9-20/h10-11H,3-9H2,1-2H3,(H,18,19,22). The van der Waals surface area contributed by atoms with E-state index in [2.05, 4.69) is 17.2 Å². The highest BCUT2D eigenvalue weighted by atomic mass is 32.1. The van der Waals surface area contributed by atoms with E-state index >= 15 is 0 Å². The zero-order chi connectivity index (χ0) is 17.3. The van der Waals surface area contributed by atoms with Crippen LogP contribution in [0.3, 0.4) is 0 Å². The van der Waals surface area contributed by atoms with Crippen LogP contribution in [0.4, 0.5) is 5.13 Å². The number of piperidine rings is 1. The van der Waals surface area contributed by atoms with Gasteiger partial charge in [0.05, 0.1) is 16.5 Å². The maximum absolute atomic E-state index is 12.8. The fourth-order valence-electron chi connectivity index (χ4n) is 3.41. The molecule has 2 amide bonds. The predicted molar refractivity (Wildman–Crippen MR) is 92.2 cm³/mol. The Bertz CT molecular complexity index is 670. The lowest BCUT2D eigenvalue weighted by molar-refractivity contribution is -0.137. The van der Waals surface area contributed by atoms with Crippen LogP contribution in [-0.4, -0.2) is 40.6 Å². The molecule has 0 radical (unpaired) electrons. The summed E-state index contributed by atoms with van der Waals surface area (Å²) in [5.41, 5.74) is 0.658. The largest absolute Gasteiger partial charge is 0.342 e. The number of thiazole rings is 1. The van der Waals surface area contributed by atoms with E-state index in [0.717, 1.165) is 25.9 Å². The first-order chi connectivity index (χ1) is 11.5. The summed E-state index contributed by atoms with van der Waals surface area (Å²) in [5, 5.41) is 3.16. The minimum absolute atomic E-state index is 0.0332. The zero-order valence-corrected chi connectivity index (χ0v) is 14.9. The average molecular weight is 349 g/mol. The quantitative estimate of drug-likeness (QED) is 0.909. The van der Waals surface area contributed by atoms with Crippen LogP contribution in [0.5, 0.6) is 0 Å². The van der Waals surface area contributed by atoms with Gasteiger partial charge in [-0.15, -0.1) is 0 Å². The van der Waals surface area contributed by atoms with E-state index in [9.17, 15) is 14.4 Å². The normalized spacial score (nSPS) is 23.8. The van der Waals surface area contributed by atoms with Crippen LogP contribution in [0.25, 0.3) is 0 Å². The third kappa shape index (κ3) is 3.50. The fourth-order valence-corrected chi connectivity index (χ4v) is 4.37. The summed E-state index contributed by atoms with van der Waals surface area (Å²) in [6, 6.07) is 0. The Kier molecular flexibility index (Phi) is 4.99. The van der Waals surface area contributed by atoms with Crippen molar-refractivity contribution in [2.24, 2.45) is 11.8 Å². The van der Waals surface area contributed by atoms with E-state index in [1.807, 2.05) is 4.90 Å². The van der Waals surface area contributed by atoms with Crippen molar-refractivity contribution in [2.75, 3.05) is 18.4 Å². The maximum atomic E-state index is 12.8. The molecule has 1 aromatic rings. The minimum atomic E-state index is -0.313. The summed E-state index contributed by atoms with van der Waals surface area (Å²) >= 11 is 1.22. The van der Waals surface area contributed by atoms with Crippen LogP contribution in [-0.2, 0) is 16.0 Å². The van der Waals surface area contributed by atoms with E-state index in [1.54, 1.807) is 6.92 Å². The highest BCUT2D eigenvalue weighted by Crippen LogP contribution is 2.33.